The first-order valence-electron chi connectivity index (χ1n) is 13.8. The average molecular weight is 559 g/mol. The van der Waals surface area contributed by atoms with Gasteiger partial charge in [0.1, 0.15) is 0 Å². The zero-order valence-electron chi connectivity index (χ0n) is 23.2. The first-order valence-corrected chi connectivity index (χ1v) is 14.7. The number of hydrogen-bond donors (Lipinski definition) is 0. The van der Waals surface area contributed by atoms with Crippen molar-refractivity contribution in [1.82, 2.24) is 15.0 Å². The fraction of sp³-hybridized carbons (Fsp3) is 0.0811. The van der Waals surface area contributed by atoms with Crippen molar-refractivity contribution in [2.75, 3.05) is 0 Å². The van der Waals surface area contributed by atoms with Crippen LogP contribution in [0.2, 0.25) is 0 Å². The van der Waals surface area contributed by atoms with E-state index in [4.69, 9.17) is 15.0 Å². The fourth-order valence-electron chi connectivity index (χ4n) is 5.59. The third-order valence-electron chi connectivity index (χ3n) is 7.84. The minimum absolute atomic E-state index is 0.241. The minimum Gasteiger partial charge on any atom is -0.208 e. The molecule has 0 bridgehead atoms. The van der Waals surface area contributed by atoms with Gasteiger partial charge in [0.25, 0.3) is 0 Å². The van der Waals surface area contributed by atoms with Crippen molar-refractivity contribution in [3.8, 4) is 51.4 Å². The molecule has 0 saturated heterocycles. The van der Waals surface area contributed by atoms with Crippen LogP contribution in [0, 0.1) is 11.3 Å². The van der Waals surface area contributed by atoms with Gasteiger partial charge in [-0.05, 0) is 46.5 Å². The Balaban J connectivity index is 1.39. The van der Waals surface area contributed by atoms with Gasteiger partial charge in [-0.15, -0.1) is 0 Å². The Kier molecular flexibility index (Phi) is 6.42. The topological polar surface area (TPSA) is 62.5 Å². The van der Waals surface area contributed by atoms with Crippen LogP contribution in [0.1, 0.15) is 30.5 Å². The zero-order valence-corrected chi connectivity index (χ0v) is 24.1. The Morgan fingerprint density at radius 2 is 1.17 bits per heavy atom. The van der Waals surface area contributed by atoms with Gasteiger partial charge in [0.2, 0.25) is 0 Å². The van der Waals surface area contributed by atoms with E-state index in [2.05, 4.69) is 68.4 Å². The smallest absolute Gasteiger partial charge is 0.164 e. The van der Waals surface area contributed by atoms with E-state index < -0.39 is 0 Å². The monoisotopic (exact) mass is 558 g/mol. The van der Waals surface area contributed by atoms with Crippen molar-refractivity contribution < 1.29 is 0 Å². The molecule has 1 aliphatic rings. The van der Waals surface area contributed by atoms with E-state index in [1.54, 1.807) is 11.8 Å². The van der Waals surface area contributed by atoms with Crippen LogP contribution in [0.15, 0.2) is 131 Å². The SMILES string of the molecule is CC1(C)c2ccc(-c3nc(-c4ccccc4)nc(-c4ccccc4-c4ccccc4)n3)cc2Sc2ccc(C#N)cc21. The van der Waals surface area contributed by atoms with Gasteiger partial charge in [0, 0.05) is 31.9 Å². The van der Waals surface area contributed by atoms with Gasteiger partial charge in [-0.1, -0.05) is 123 Å². The van der Waals surface area contributed by atoms with Crippen molar-refractivity contribution in [3.63, 3.8) is 0 Å². The molecule has 0 unspecified atom stereocenters. The van der Waals surface area contributed by atoms with Crippen LogP contribution < -0.4 is 0 Å². The summed E-state index contributed by atoms with van der Waals surface area (Å²) in [5.41, 5.74) is 7.87. The lowest BCUT2D eigenvalue weighted by Gasteiger charge is -2.34. The number of rotatable bonds is 4. The van der Waals surface area contributed by atoms with Gasteiger partial charge in [-0.2, -0.15) is 5.26 Å². The molecule has 4 nitrogen and oxygen atoms in total. The summed E-state index contributed by atoms with van der Waals surface area (Å²) in [7, 11) is 0. The van der Waals surface area contributed by atoms with E-state index in [1.807, 2.05) is 72.8 Å². The van der Waals surface area contributed by atoms with Crippen LogP contribution in [-0.4, -0.2) is 15.0 Å². The van der Waals surface area contributed by atoms with Gasteiger partial charge in [-0.25, -0.2) is 15.0 Å². The Bertz CT molecular complexity index is 1990. The molecule has 5 aromatic carbocycles. The van der Waals surface area contributed by atoms with Crippen molar-refractivity contribution in [3.05, 3.63) is 138 Å². The Morgan fingerprint density at radius 1 is 0.548 bits per heavy atom. The van der Waals surface area contributed by atoms with Crippen LogP contribution in [0.25, 0.3) is 45.3 Å². The van der Waals surface area contributed by atoms with Crippen molar-refractivity contribution >= 4 is 11.8 Å². The maximum absolute atomic E-state index is 9.48. The summed E-state index contributed by atoms with van der Waals surface area (Å²) in [6.45, 7) is 4.44. The van der Waals surface area contributed by atoms with E-state index in [0.717, 1.165) is 27.8 Å². The Morgan fingerprint density at radius 3 is 1.88 bits per heavy atom. The lowest BCUT2D eigenvalue weighted by molar-refractivity contribution is 0.607. The van der Waals surface area contributed by atoms with Gasteiger partial charge in [0.05, 0.1) is 11.6 Å². The van der Waals surface area contributed by atoms with E-state index in [9.17, 15) is 5.26 Å². The second kappa shape index (κ2) is 10.4. The lowest BCUT2D eigenvalue weighted by Crippen LogP contribution is -2.24. The van der Waals surface area contributed by atoms with E-state index >= 15 is 0 Å². The quantitative estimate of drug-likeness (QED) is 0.216. The molecular formula is C37H26N4S. The third-order valence-corrected chi connectivity index (χ3v) is 8.97. The second-order valence-corrected chi connectivity index (χ2v) is 11.9. The van der Waals surface area contributed by atoms with Crippen molar-refractivity contribution in [2.24, 2.45) is 0 Å². The molecule has 5 heteroatoms. The van der Waals surface area contributed by atoms with E-state index in [0.29, 0.717) is 23.0 Å². The van der Waals surface area contributed by atoms with Crippen LogP contribution in [0.5, 0.6) is 0 Å². The molecule has 0 fully saturated rings. The number of fused-ring (bicyclic) bond motifs is 2. The molecule has 0 atom stereocenters. The highest BCUT2D eigenvalue weighted by molar-refractivity contribution is 7.99. The number of nitrogens with zero attached hydrogens (tertiary/aromatic N) is 4. The van der Waals surface area contributed by atoms with Crippen LogP contribution >= 0.6 is 11.8 Å². The Hall–Kier alpha value is -5.05. The molecule has 7 rings (SSSR count). The third kappa shape index (κ3) is 4.56. The lowest BCUT2D eigenvalue weighted by atomic mass is 9.77. The highest BCUT2D eigenvalue weighted by Gasteiger charge is 2.33. The molecule has 2 heterocycles. The molecule has 0 aliphatic carbocycles. The second-order valence-electron chi connectivity index (χ2n) is 10.8. The predicted octanol–water partition coefficient (Wildman–Crippen LogP) is 9.20. The van der Waals surface area contributed by atoms with Crippen LogP contribution in [-0.2, 0) is 5.41 Å². The predicted molar refractivity (Wildman–Crippen MR) is 169 cm³/mol. The van der Waals surface area contributed by atoms with Gasteiger partial charge < -0.3 is 0 Å². The summed E-state index contributed by atoms with van der Waals surface area (Å²) in [6, 6.07) is 43.4. The number of aromatic nitrogens is 3. The first-order chi connectivity index (χ1) is 20.5. The molecule has 0 amide bonds. The van der Waals surface area contributed by atoms with Crippen LogP contribution in [0.4, 0.5) is 0 Å². The summed E-state index contributed by atoms with van der Waals surface area (Å²) >= 11 is 1.73. The zero-order chi connectivity index (χ0) is 28.7. The van der Waals surface area contributed by atoms with Crippen molar-refractivity contribution in [2.45, 2.75) is 29.1 Å². The Labute approximate surface area is 249 Å². The molecule has 0 N–H and O–H groups in total. The molecular weight excluding hydrogens is 533 g/mol. The molecule has 42 heavy (non-hydrogen) atoms. The molecule has 200 valence electrons. The summed E-state index contributed by atoms with van der Waals surface area (Å²) in [5.74, 6) is 1.91. The highest BCUT2D eigenvalue weighted by atomic mass is 32.2. The first kappa shape index (κ1) is 25.9. The molecule has 0 saturated carbocycles. The minimum atomic E-state index is -0.241. The van der Waals surface area contributed by atoms with E-state index in [-0.39, 0.29) is 5.41 Å². The maximum atomic E-state index is 9.48. The molecule has 0 radical (unpaired) electrons. The highest BCUT2D eigenvalue weighted by Crippen LogP contribution is 2.50. The molecule has 1 aromatic heterocycles. The van der Waals surface area contributed by atoms with Gasteiger partial charge in [0.15, 0.2) is 17.5 Å². The van der Waals surface area contributed by atoms with Gasteiger partial charge >= 0.3 is 0 Å². The fourth-order valence-corrected chi connectivity index (χ4v) is 7.01. The summed E-state index contributed by atoms with van der Waals surface area (Å²) in [6.07, 6.45) is 0. The number of hydrogen-bond acceptors (Lipinski definition) is 5. The normalized spacial score (nSPS) is 13.1. The number of nitriles is 1. The molecule has 0 spiro atoms. The molecule has 6 aromatic rings. The summed E-state index contributed by atoms with van der Waals surface area (Å²) in [4.78, 5) is 17.4. The van der Waals surface area contributed by atoms with Crippen LogP contribution in [0.3, 0.4) is 0 Å². The van der Waals surface area contributed by atoms with Gasteiger partial charge in [-0.3, -0.25) is 0 Å². The summed E-state index contributed by atoms with van der Waals surface area (Å²) < 4.78 is 0. The average Bonchev–Trinajstić information content (AvgIpc) is 3.05. The van der Waals surface area contributed by atoms with Crippen molar-refractivity contribution in [1.29, 1.82) is 5.26 Å². The van der Waals surface area contributed by atoms with E-state index in [1.165, 1.54) is 20.9 Å². The largest absolute Gasteiger partial charge is 0.208 e. The molecule has 1 aliphatic heterocycles. The maximum Gasteiger partial charge on any atom is 0.164 e. The standard InChI is InChI=1S/C37H26N4S/c1-37(2)30-19-18-27(22-33(30)42-32-20-17-24(23-38)21-31(32)37)35-39-34(26-13-7-4-8-14-26)40-36(41-35)29-16-10-9-15-28(29)25-11-5-3-6-12-25/h3-22H,1-2H3. The summed E-state index contributed by atoms with van der Waals surface area (Å²) in [5, 5.41) is 9.48. The number of benzene rings is 5.